The normalized spacial score (nSPS) is 12.2. The summed E-state index contributed by atoms with van der Waals surface area (Å²) in [6.45, 7) is 2.48. The van der Waals surface area contributed by atoms with Crippen LogP contribution < -0.4 is 10.3 Å². The van der Waals surface area contributed by atoms with E-state index in [1.54, 1.807) is 7.11 Å². The maximum Gasteiger partial charge on any atom is 0.260 e. The number of nitrogens with one attached hydrogen (secondary N) is 1. The molecule has 6 heteroatoms. The van der Waals surface area contributed by atoms with Crippen LogP contribution in [0.15, 0.2) is 71.9 Å². The van der Waals surface area contributed by atoms with Gasteiger partial charge in [-0.2, -0.15) is 0 Å². The number of aromatic amines is 1. The van der Waals surface area contributed by atoms with Crippen molar-refractivity contribution >= 4 is 11.0 Å². The highest BCUT2D eigenvalue weighted by atomic mass is 16.5. The lowest BCUT2D eigenvalue weighted by Crippen LogP contribution is -2.17. The van der Waals surface area contributed by atoms with E-state index in [0.717, 1.165) is 22.6 Å². The van der Waals surface area contributed by atoms with Crippen molar-refractivity contribution in [3.05, 3.63) is 77.5 Å². The Labute approximate surface area is 162 Å². The van der Waals surface area contributed by atoms with Crippen molar-refractivity contribution in [2.24, 2.45) is 0 Å². The average molecular weight is 375 g/mol. The van der Waals surface area contributed by atoms with E-state index in [1.165, 1.54) is 6.33 Å². The number of benzene rings is 2. The van der Waals surface area contributed by atoms with Gasteiger partial charge in [0.25, 0.3) is 5.56 Å². The molecule has 0 aliphatic heterocycles. The van der Waals surface area contributed by atoms with Gasteiger partial charge in [-0.1, -0.05) is 30.3 Å². The first-order chi connectivity index (χ1) is 13.7. The van der Waals surface area contributed by atoms with Crippen molar-refractivity contribution in [3.63, 3.8) is 0 Å². The minimum absolute atomic E-state index is 0.0390. The third-order valence-electron chi connectivity index (χ3n) is 4.53. The lowest BCUT2D eigenvalue weighted by atomic mass is 10.1. The fourth-order valence-corrected chi connectivity index (χ4v) is 3.29. The quantitative estimate of drug-likeness (QED) is 0.557. The van der Waals surface area contributed by atoms with Gasteiger partial charge in [-0.25, -0.2) is 4.98 Å². The minimum atomic E-state index is -0.163. The Kier molecular flexibility index (Phi) is 4.95. The molecule has 1 N–H and O–H groups in total. The summed E-state index contributed by atoms with van der Waals surface area (Å²) in [4.78, 5) is 19.6. The van der Waals surface area contributed by atoms with Gasteiger partial charge < -0.3 is 19.0 Å². The summed E-state index contributed by atoms with van der Waals surface area (Å²) >= 11 is 0. The van der Waals surface area contributed by atoms with E-state index in [1.807, 2.05) is 72.3 Å². The van der Waals surface area contributed by atoms with Crippen LogP contribution >= 0.6 is 0 Å². The van der Waals surface area contributed by atoms with Gasteiger partial charge in [0.2, 0.25) is 0 Å². The summed E-state index contributed by atoms with van der Waals surface area (Å²) in [5.74, 6) is 0.757. The summed E-state index contributed by atoms with van der Waals surface area (Å²) in [5.41, 5.74) is 3.16. The molecule has 0 bridgehead atoms. The van der Waals surface area contributed by atoms with Gasteiger partial charge >= 0.3 is 0 Å². The van der Waals surface area contributed by atoms with Crippen molar-refractivity contribution in [2.75, 3.05) is 13.7 Å². The van der Waals surface area contributed by atoms with E-state index in [2.05, 4.69) is 9.97 Å². The highest BCUT2D eigenvalue weighted by Gasteiger charge is 2.16. The molecule has 0 spiro atoms. The zero-order chi connectivity index (χ0) is 19.5. The number of hydrogen-bond acceptors (Lipinski definition) is 4. The second-order valence-corrected chi connectivity index (χ2v) is 6.59. The molecule has 4 aromatic rings. The zero-order valence-corrected chi connectivity index (χ0v) is 15.8. The highest BCUT2D eigenvalue weighted by molar-refractivity contribution is 5.94. The molecule has 0 aliphatic rings. The van der Waals surface area contributed by atoms with Crippen LogP contribution in [-0.2, 0) is 4.74 Å². The van der Waals surface area contributed by atoms with Crippen molar-refractivity contribution in [2.45, 2.75) is 13.0 Å². The average Bonchev–Trinajstić information content (AvgIpc) is 3.10. The number of H-pyrrole nitrogens is 1. The van der Waals surface area contributed by atoms with Crippen LogP contribution in [0.25, 0.3) is 27.8 Å². The van der Waals surface area contributed by atoms with Gasteiger partial charge in [0.1, 0.15) is 11.9 Å². The third-order valence-corrected chi connectivity index (χ3v) is 4.53. The molecule has 0 saturated carbocycles. The molecular weight excluding hydrogens is 354 g/mol. The standard InChI is InChI=1S/C22H21N3O3/c1-15(13-27-2)28-18-10-8-16(9-11-18)19-12-25(17-6-4-3-5-7-17)21-20(19)22(26)24-14-23-21/h3-12,14-15H,13H2,1-2H3,(H,23,24,26)/t15-/m0/s1. The Morgan fingerprint density at radius 3 is 2.57 bits per heavy atom. The third kappa shape index (κ3) is 3.42. The first kappa shape index (κ1) is 18.0. The Balaban J connectivity index is 1.78. The van der Waals surface area contributed by atoms with E-state index in [4.69, 9.17) is 9.47 Å². The first-order valence-electron chi connectivity index (χ1n) is 9.07. The van der Waals surface area contributed by atoms with Crippen molar-refractivity contribution < 1.29 is 9.47 Å². The summed E-state index contributed by atoms with van der Waals surface area (Å²) in [6.07, 6.45) is 3.34. The Morgan fingerprint density at radius 1 is 1.11 bits per heavy atom. The number of aromatic nitrogens is 3. The number of nitrogens with zero attached hydrogens (tertiary/aromatic N) is 2. The van der Waals surface area contributed by atoms with Gasteiger partial charge in [0.15, 0.2) is 5.65 Å². The van der Waals surface area contributed by atoms with Gasteiger partial charge in [0, 0.05) is 24.6 Å². The predicted octanol–water partition coefficient (Wildman–Crippen LogP) is 3.79. The predicted molar refractivity (Wildman–Crippen MR) is 109 cm³/mol. The highest BCUT2D eigenvalue weighted by Crippen LogP contribution is 2.30. The number of rotatable bonds is 6. The summed E-state index contributed by atoms with van der Waals surface area (Å²) < 4.78 is 12.9. The summed E-state index contributed by atoms with van der Waals surface area (Å²) in [6, 6.07) is 17.6. The van der Waals surface area contributed by atoms with E-state index in [0.29, 0.717) is 17.6 Å². The molecule has 2 heterocycles. The molecule has 2 aromatic carbocycles. The molecule has 1 atom stereocenters. The van der Waals surface area contributed by atoms with Crippen molar-refractivity contribution in [1.82, 2.24) is 14.5 Å². The number of methoxy groups -OCH3 is 1. The van der Waals surface area contributed by atoms with Crippen molar-refractivity contribution in [1.29, 1.82) is 0 Å². The first-order valence-corrected chi connectivity index (χ1v) is 9.07. The molecule has 0 unspecified atom stereocenters. The molecule has 0 amide bonds. The van der Waals surface area contributed by atoms with Crippen LogP contribution in [0.5, 0.6) is 5.75 Å². The van der Waals surface area contributed by atoms with Crippen LogP contribution in [0.4, 0.5) is 0 Å². The Bertz CT molecular complexity index is 1130. The minimum Gasteiger partial charge on any atom is -0.488 e. The smallest absolute Gasteiger partial charge is 0.260 e. The van der Waals surface area contributed by atoms with Gasteiger partial charge in [-0.3, -0.25) is 4.79 Å². The van der Waals surface area contributed by atoms with Gasteiger partial charge in [-0.15, -0.1) is 0 Å². The molecule has 6 nitrogen and oxygen atoms in total. The zero-order valence-electron chi connectivity index (χ0n) is 15.8. The van der Waals surface area contributed by atoms with E-state index in [-0.39, 0.29) is 11.7 Å². The summed E-state index contributed by atoms with van der Waals surface area (Å²) in [7, 11) is 1.65. The van der Waals surface area contributed by atoms with Crippen LogP contribution in [0, 0.1) is 0 Å². The molecule has 28 heavy (non-hydrogen) atoms. The maximum atomic E-state index is 12.6. The van der Waals surface area contributed by atoms with E-state index in [9.17, 15) is 4.79 Å². The second kappa shape index (κ2) is 7.70. The molecule has 4 rings (SSSR count). The topological polar surface area (TPSA) is 69.1 Å². The molecule has 2 aromatic heterocycles. The molecule has 0 fully saturated rings. The largest absolute Gasteiger partial charge is 0.488 e. The van der Waals surface area contributed by atoms with Gasteiger partial charge in [0.05, 0.1) is 18.3 Å². The van der Waals surface area contributed by atoms with Crippen molar-refractivity contribution in [3.8, 4) is 22.6 Å². The number of para-hydroxylation sites is 1. The SMILES string of the molecule is COC[C@H](C)Oc1ccc(-c2cn(-c3ccccc3)c3nc[nH]c(=O)c23)cc1. The monoisotopic (exact) mass is 375 g/mol. The van der Waals surface area contributed by atoms with E-state index >= 15 is 0 Å². The number of ether oxygens (including phenoxy) is 2. The lowest BCUT2D eigenvalue weighted by Gasteiger charge is -2.13. The Morgan fingerprint density at radius 2 is 1.86 bits per heavy atom. The molecule has 0 saturated heterocycles. The van der Waals surface area contributed by atoms with Crippen LogP contribution in [0.1, 0.15) is 6.92 Å². The fraction of sp³-hybridized carbons (Fsp3) is 0.182. The van der Waals surface area contributed by atoms with Crippen LogP contribution in [-0.4, -0.2) is 34.4 Å². The molecule has 142 valence electrons. The van der Waals surface area contributed by atoms with Crippen LogP contribution in [0.2, 0.25) is 0 Å². The number of hydrogen-bond donors (Lipinski definition) is 1. The van der Waals surface area contributed by atoms with Gasteiger partial charge in [-0.05, 0) is 36.8 Å². The van der Waals surface area contributed by atoms with Crippen LogP contribution in [0.3, 0.4) is 0 Å². The molecular formula is C22H21N3O3. The number of fused-ring (bicyclic) bond motifs is 1. The lowest BCUT2D eigenvalue weighted by molar-refractivity contribution is 0.0921. The molecule has 0 radical (unpaired) electrons. The molecule has 0 aliphatic carbocycles. The fourth-order valence-electron chi connectivity index (χ4n) is 3.29. The van der Waals surface area contributed by atoms with E-state index < -0.39 is 0 Å². The second-order valence-electron chi connectivity index (χ2n) is 6.59. The maximum absolute atomic E-state index is 12.6. The Hall–Kier alpha value is -3.38. The summed E-state index contributed by atoms with van der Waals surface area (Å²) in [5, 5.41) is 0.563.